The van der Waals surface area contributed by atoms with E-state index < -0.39 is 0 Å². The van der Waals surface area contributed by atoms with Crippen molar-refractivity contribution in [2.75, 3.05) is 47.1 Å². The third kappa shape index (κ3) is 4.59. The number of amides is 1. The fourth-order valence-corrected chi connectivity index (χ4v) is 4.41. The summed E-state index contributed by atoms with van der Waals surface area (Å²) in [7, 11) is 3.26. The fraction of sp³-hybridized carbons (Fsp3) is 0.400. The van der Waals surface area contributed by atoms with Gasteiger partial charge in [0.15, 0.2) is 11.5 Å². The van der Waals surface area contributed by atoms with Gasteiger partial charge in [-0.2, -0.15) is 0 Å². The van der Waals surface area contributed by atoms with Crippen molar-refractivity contribution in [3.63, 3.8) is 0 Å². The van der Waals surface area contributed by atoms with Crippen LogP contribution < -0.4 is 14.8 Å². The normalized spacial score (nSPS) is 15.5. The number of aromatic nitrogens is 1. The number of ether oxygens (including phenoxy) is 3. The van der Waals surface area contributed by atoms with Gasteiger partial charge in [0, 0.05) is 30.5 Å². The number of benzene rings is 2. The van der Waals surface area contributed by atoms with E-state index in [1.165, 1.54) is 5.56 Å². The Kier molecular flexibility index (Phi) is 6.67. The largest absolute Gasteiger partial charge is 0.493 e. The second-order valence-electron chi connectivity index (χ2n) is 8.21. The number of rotatable bonds is 7. The van der Waals surface area contributed by atoms with Crippen molar-refractivity contribution < 1.29 is 19.0 Å². The number of methoxy groups -OCH3 is 2. The summed E-state index contributed by atoms with van der Waals surface area (Å²) in [4.78, 5) is 18.6. The molecule has 7 heteroatoms. The van der Waals surface area contributed by atoms with E-state index in [9.17, 15) is 4.79 Å². The van der Waals surface area contributed by atoms with Gasteiger partial charge < -0.3 is 24.5 Å². The number of morpholine rings is 1. The van der Waals surface area contributed by atoms with Gasteiger partial charge in [-0.05, 0) is 54.8 Å². The molecule has 0 aliphatic carbocycles. The number of aryl methyl sites for hydroxylation is 2. The van der Waals surface area contributed by atoms with E-state index in [-0.39, 0.29) is 11.9 Å². The molecule has 1 saturated heterocycles. The topological polar surface area (TPSA) is 75.8 Å². The first-order valence-corrected chi connectivity index (χ1v) is 10.9. The molecule has 2 aromatic carbocycles. The lowest BCUT2D eigenvalue weighted by Crippen LogP contribution is -2.43. The summed E-state index contributed by atoms with van der Waals surface area (Å²) < 4.78 is 16.4. The minimum atomic E-state index is -0.114. The molecule has 1 atom stereocenters. The average Bonchev–Trinajstić information content (AvgIpc) is 3.24. The number of hydrogen-bond donors (Lipinski definition) is 2. The summed E-state index contributed by atoms with van der Waals surface area (Å²) in [6, 6.07) is 12.0. The van der Waals surface area contributed by atoms with Crippen LogP contribution in [0.2, 0.25) is 0 Å². The minimum absolute atomic E-state index is 0.00369. The average molecular weight is 438 g/mol. The molecular formula is C25H31N3O4. The van der Waals surface area contributed by atoms with Crippen molar-refractivity contribution in [2.45, 2.75) is 19.9 Å². The Morgan fingerprint density at radius 1 is 1.09 bits per heavy atom. The number of nitrogens with one attached hydrogen (secondary N) is 2. The number of carbonyl (C=O) groups is 1. The predicted octanol–water partition coefficient (Wildman–Crippen LogP) is 3.61. The maximum Gasteiger partial charge on any atom is 0.267 e. The zero-order valence-electron chi connectivity index (χ0n) is 19.2. The van der Waals surface area contributed by atoms with Crippen LogP contribution in [-0.4, -0.2) is 62.9 Å². The molecule has 32 heavy (non-hydrogen) atoms. The van der Waals surface area contributed by atoms with Crippen LogP contribution in [0.25, 0.3) is 10.9 Å². The monoisotopic (exact) mass is 437 g/mol. The minimum Gasteiger partial charge on any atom is -0.493 e. The Labute approximate surface area is 188 Å². The Balaban J connectivity index is 1.56. The number of H-pyrrole nitrogens is 1. The molecule has 2 N–H and O–H groups in total. The van der Waals surface area contributed by atoms with Gasteiger partial charge in [0.1, 0.15) is 5.69 Å². The molecule has 1 aliphatic heterocycles. The lowest BCUT2D eigenvalue weighted by molar-refractivity contribution is 0.0161. The van der Waals surface area contributed by atoms with E-state index in [2.05, 4.69) is 41.2 Å². The molecule has 2 heterocycles. The van der Waals surface area contributed by atoms with Gasteiger partial charge in [-0.15, -0.1) is 0 Å². The number of nitrogens with zero attached hydrogens (tertiary/aromatic N) is 1. The van der Waals surface area contributed by atoms with Crippen molar-refractivity contribution in [1.29, 1.82) is 0 Å². The molecule has 0 radical (unpaired) electrons. The van der Waals surface area contributed by atoms with Crippen LogP contribution in [0.1, 0.15) is 33.2 Å². The Bertz CT molecular complexity index is 1100. The Morgan fingerprint density at radius 3 is 2.56 bits per heavy atom. The van der Waals surface area contributed by atoms with Gasteiger partial charge in [0.25, 0.3) is 5.91 Å². The van der Waals surface area contributed by atoms with Crippen LogP contribution >= 0.6 is 0 Å². The molecule has 7 nitrogen and oxygen atoms in total. The van der Waals surface area contributed by atoms with Crippen LogP contribution in [-0.2, 0) is 4.74 Å². The van der Waals surface area contributed by atoms with Crippen LogP contribution in [0.15, 0.2) is 36.4 Å². The molecule has 1 amide bonds. The molecule has 170 valence electrons. The van der Waals surface area contributed by atoms with Gasteiger partial charge in [-0.1, -0.05) is 12.1 Å². The molecule has 1 aromatic heterocycles. The number of fused-ring (bicyclic) bond motifs is 1. The SMILES string of the molecule is COc1ccc(C(CNC(=O)c2cc3c(C)cc(C)cc3[nH]2)N2CCOCC2)cc1OC. The summed E-state index contributed by atoms with van der Waals surface area (Å²) in [5.41, 5.74) is 4.95. The molecular weight excluding hydrogens is 406 g/mol. The third-order valence-corrected chi connectivity index (χ3v) is 6.07. The van der Waals surface area contributed by atoms with E-state index in [4.69, 9.17) is 14.2 Å². The van der Waals surface area contributed by atoms with Crippen molar-refractivity contribution >= 4 is 16.8 Å². The van der Waals surface area contributed by atoms with E-state index in [0.717, 1.165) is 35.1 Å². The second-order valence-corrected chi connectivity index (χ2v) is 8.21. The van der Waals surface area contributed by atoms with Crippen molar-refractivity contribution in [1.82, 2.24) is 15.2 Å². The Hall–Kier alpha value is -3.03. The summed E-state index contributed by atoms with van der Waals surface area (Å²) in [5.74, 6) is 1.25. The third-order valence-electron chi connectivity index (χ3n) is 6.07. The van der Waals surface area contributed by atoms with Crippen LogP contribution in [0, 0.1) is 13.8 Å². The van der Waals surface area contributed by atoms with Crippen molar-refractivity contribution in [3.8, 4) is 11.5 Å². The summed E-state index contributed by atoms with van der Waals surface area (Å²) >= 11 is 0. The van der Waals surface area contributed by atoms with E-state index in [1.54, 1.807) is 14.2 Å². The van der Waals surface area contributed by atoms with E-state index >= 15 is 0 Å². The van der Waals surface area contributed by atoms with Gasteiger partial charge in [0.05, 0.1) is 33.5 Å². The molecule has 1 unspecified atom stereocenters. The highest BCUT2D eigenvalue weighted by Gasteiger charge is 2.25. The van der Waals surface area contributed by atoms with Gasteiger partial charge in [0.2, 0.25) is 0 Å². The molecule has 0 spiro atoms. The maximum absolute atomic E-state index is 13.0. The zero-order valence-corrected chi connectivity index (χ0v) is 19.2. The lowest BCUT2D eigenvalue weighted by atomic mass is 10.0. The highest BCUT2D eigenvalue weighted by Crippen LogP contribution is 2.32. The number of aromatic amines is 1. The Morgan fingerprint density at radius 2 is 1.84 bits per heavy atom. The van der Waals surface area contributed by atoms with E-state index in [1.807, 2.05) is 24.3 Å². The first-order chi connectivity index (χ1) is 15.5. The smallest absolute Gasteiger partial charge is 0.267 e. The quantitative estimate of drug-likeness (QED) is 0.591. The van der Waals surface area contributed by atoms with Crippen molar-refractivity contribution in [2.24, 2.45) is 0 Å². The molecule has 0 saturated carbocycles. The van der Waals surface area contributed by atoms with Crippen LogP contribution in [0.3, 0.4) is 0 Å². The first-order valence-electron chi connectivity index (χ1n) is 10.9. The van der Waals surface area contributed by atoms with Crippen LogP contribution in [0.5, 0.6) is 11.5 Å². The molecule has 0 bridgehead atoms. The molecule has 1 aliphatic rings. The molecule has 3 aromatic rings. The number of carbonyl (C=O) groups excluding carboxylic acids is 1. The summed E-state index contributed by atoms with van der Waals surface area (Å²) in [6.07, 6.45) is 0. The number of hydrogen-bond acceptors (Lipinski definition) is 5. The first kappa shape index (κ1) is 22.2. The standard InChI is InChI=1S/C25H31N3O4/c1-16-11-17(2)19-14-21(27-20(19)12-16)25(29)26-15-22(28-7-9-32-10-8-28)18-5-6-23(30-3)24(13-18)31-4/h5-6,11-14,22,27H,7-10,15H2,1-4H3,(H,26,29). The van der Waals surface area contributed by atoms with E-state index in [0.29, 0.717) is 37.0 Å². The maximum atomic E-state index is 13.0. The van der Waals surface area contributed by atoms with Gasteiger partial charge >= 0.3 is 0 Å². The van der Waals surface area contributed by atoms with Crippen molar-refractivity contribution in [3.05, 3.63) is 58.8 Å². The highest BCUT2D eigenvalue weighted by atomic mass is 16.5. The summed E-state index contributed by atoms with van der Waals surface area (Å²) in [6.45, 7) is 7.57. The zero-order chi connectivity index (χ0) is 22.7. The second kappa shape index (κ2) is 9.63. The molecule has 4 rings (SSSR count). The lowest BCUT2D eigenvalue weighted by Gasteiger charge is -2.35. The van der Waals surface area contributed by atoms with Gasteiger partial charge in [-0.25, -0.2) is 0 Å². The van der Waals surface area contributed by atoms with Gasteiger partial charge in [-0.3, -0.25) is 9.69 Å². The summed E-state index contributed by atoms with van der Waals surface area (Å²) in [5, 5.41) is 4.21. The fourth-order valence-electron chi connectivity index (χ4n) is 4.41. The van der Waals surface area contributed by atoms with Crippen LogP contribution in [0.4, 0.5) is 0 Å². The predicted molar refractivity (Wildman–Crippen MR) is 125 cm³/mol. The highest BCUT2D eigenvalue weighted by molar-refractivity contribution is 5.99. The molecule has 1 fully saturated rings.